The number of benzene rings is 1. The molecule has 116 valence electrons. The van der Waals surface area contributed by atoms with E-state index in [2.05, 4.69) is 36.2 Å². The lowest BCUT2D eigenvalue weighted by Gasteiger charge is -2.33. The van der Waals surface area contributed by atoms with Gasteiger partial charge in [0.25, 0.3) is 5.56 Å². The largest absolute Gasteiger partial charge is 0.370 e. The Morgan fingerprint density at radius 3 is 2.82 bits per heavy atom. The number of aryl methyl sites for hydroxylation is 2. The van der Waals surface area contributed by atoms with Gasteiger partial charge in [-0.25, -0.2) is 4.98 Å². The fourth-order valence-electron chi connectivity index (χ4n) is 2.71. The summed E-state index contributed by atoms with van der Waals surface area (Å²) in [6, 6.07) is 8.50. The fourth-order valence-corrected chi connectivity index (χ4v) is 2.71. The molecule has 0 amide bonds. The molecule has 0 spiro atoms. The van der Waals surface area contributed by atoms with E-state index >= 15 is 0 Å². The highest BCUT2D eigenvalue weighted by molar-refractivity contribution is 5.37. The van der Waals surface area contributed by atoms with Crippen LogP contribution in [-0.4, -0.2) is 29.2 Å². The first-order chi connectivity index (χ1) is 10.7. The molecule has 3 rings (SSSR count). The van der Waals surface area contributed by atoms with Gasteiger partial charge in [-0.3, -0.25) is 4.79 Å². The smallest absolute Gasteiger partial charge is 0.293 e. The molecule has 1 atom stereocenters. The van der Waals surface area contributed by atoms with Crippen molar-refractivity contribution in [1.82, 2.24) is 9.55 Å². The highest BCUT2D eigenvalue weighted by atomic mass is 16.5. The Bertz CT molecular complexity index is 694. The van der Waals surface area contributed by atoms with Crippen LogP contribution in [0.5, 0.6) is 0 Å². The van der Waals surface area contributed by atoms with Gasteiger partial charge < -0.3 is 14.2 Å². The number of rotatable bonds is 3. The lowest BCUT2D eigenvalue weighted by atomic mass is 10.0. The quantitative estimate of drug-likeness (QED) is 0.869. The Kier molecular flexibility index (Phi) is 4.24. The SMILES string of the molecule is CCc1ccc([C@H]2CN(c3nccn(C)c3=O)CCO2)cc1. The molecule has 2 heterocycles. The summed E-state index contributed by atoms with van der Waals surface area (Å²) in [6.07, 6.45) is 4.35. The zero-order valence-corrected chi connectivity index (χ0v) is 13.0. The van der Waals surface area contributed by atoms with Crippen LogP contribution in [0, 0.1) is 0 Å². The van der Waals surface area contributed by atoms with E-state index in [0.29, 0.717) is 25.5 Å². The average Bonchev–Trinajstić information content (AvgIpc) is 2.57. The van der Waals surface area contributed by atoms with Crippen LogP contribution < -0.4 is 10.5 Å². The minimum atomic E-state index is -0.0653. The average molecular weight is 299 g/mol. The molecule has 22 heavy (non-hydrogen) atoms. The molecule has 1 aromatic heterocycles. The highest BCUT2D eigenvalue weighted by Gasteiger charge is 2.24. The van der Waals surface area contributed by atoms with Gasteiger partial charge in [-0.15, -0.1) is 0 Å². The van der Waals surface area contributed by atoms with E-state index in [1.54, 1.807) is 24.0 Å². The summed E-state index contributed by atoms with van der Waals surface area (Å²) in [5, 5.41) is 0. The first kappa shape index (κ1) is 14.8. The Labute approximate surface area is 130 Å². The monoisotopic (exact) mass is 299 g/mol. The Morgan fingerprint density at radius 2 is 2.09 bits per heavy atom. The summed E-state index contributed by atoms with van der Waals surface area (Å²) in [4.78, 5) is 18.5. The summed E-state index contributed by atoms with van der Waals surface area (Å²) < 4.78 is 7.44. The van der Waals surface area contributed by atoms with Gasteiger partial charge in [-0.05, 0) is 17.5 Å². The van der Waals surface area contributed by atoms with E-state index in [1.165, 1.54) is 5.56 Å². The van der Waals surface area contributed by atoms with Crippen molar-refractivity contribution in [1.29, 1.82) is 0 Å². The molecule has 5 nitrogen and oxygen atoms in total. The molecule has 1 aliphatic rings. The summed E-state index contributed by atoms with van der Waals surface area (Å²) in [7, 11) is 1.74. The number of aromatic nitrogens is 2. The molecule has 2 aromatic rings. The third-order valence-corrected chi connectivity index (χ3v) is 4.12. The van der Waals surface area contributed by atoms with Crippen LogP contribution >= 0.6 is 0 Å². The van der Waals surface area contributed by atoms with Crippen molar-refractivity contribution in [2.24, 2.45) is 7.05 Å². The molecule has 0 saturated carbocycles. The van der Waals surface area contributed by atoms with Crippen molar-refractivity contribution >= 4 is 5.82 Å². The molecule has 0 unspecified atom stereocenters. The van der Waals surface area contributed by atoms with Gasteiger partial charge in [0.05, 0.1) is 13.2 Å². The van der Waals surface area contributed by atoms with Gasteiger partial charge in [0.15, 0.2) is 5.82 Å². The number of hydrogen-bond donors (Lipinski definition) is 0. The van der Waals surface area contributed by atoms with E-state index in [4.69, 9.17) is 4.74 Å². The second-order valence-corrected chi connectivity index (χ2v) is 5.57. The van der Waals surface area contributed by atoms with E-state index < -0.39 is 0 Å². The predicted molar refractivity (Wildman–Crippen MR) is 86.2 cm³/mol. The van der Waals surface area contributed by atoms with Gasteiger partial charge in [0.2, 0.25) is 0 Å². The number of ether oxygens (including phenoxy) is 1. The predicted octanol–water partition coefficient (Wildman–Crippen LogP) is 1.92. The van der Waals surface area contributed by atoms with Crippen LogP contribution in [0.15, 0.2) is 41.5 Å². The molecule has 0 radical (unpaired) electrons. The zero-order chi connectivity index (χ0) is 15.5. The van der Waals surface area contributed by atoms with Crippen molar-refractivity contribution in [2.75, 3.05) is 24.6 Å². The van der Waals surface area contributed by atoms with E-state index in [9.17, 15) is 4.79 Å². The summed E-state index contributed by atoms with van der Waals surface area (Å²) in [5.41, 5.74) is 2.40. The standard InChI is InChI=1S/C17H21N3O2/c1-3-13-4-6-14(7-5-13)15-12-20(10-11-22-15)16-17(21)19(2)9-8-18-16/h4-9,15H,3,10-12H2,1-2H3/t15-/m1/s1. The molecular weight excluding hydrogens is 278 g/mol. The second-order valence-electron chi connectivity index (χ2n) is 5.57. The number of hydrogen-bond acceptors (Lipinski definition) is 4. The molecule has 1 aromatic carbocycles. The van der Waals surface area contributed by atoms with Crippen molar-refractivity contribution in [3.63, 3.8) is 0 Å². The fraction of sp³-hybridized carbons (Fsp3) is 0.412. The van der Waals surface area contributed by atoms with Crippen molar-refractivity contribution in [2.45, 2.75) is 19.4 Å². The second kappa shape index (κ2) is 6.32. The Morgan fingerprint density at radius 1 is 1.32 bits per heavy atom. The normalized spacial score (nSPS) is 18.5. The van der Waals surface area contributed by atoms with Crippen LogP contribution in [0.4, 0.5) is 5.82 Å². The van der Waals surface area contributed by atoms with Crippen molar-refractivity contribution in [3.8, 4) is 0 Å². The molecule has 0 aliphatic carbocycles. The Hall–Kier alpha value is -2.14. The maximum Gasteiger partial charge on any atom is 0.293 e. The molecule has 0 bridgehead atoms. The minimum Gasteiger partial charge on any atom is -0.370 e. The van der Waals surface area contributed by atoms with Crippen LogP contribution in [0.1, 0.15) is 24.2 Å². The van der Waals surface area contributed by atoms with Crippen molar-refractivity contribution in [3.05, 3.63) is 58.1 Å². The maximum atomic E-state index is 12.2. The third-order valence-electron chi connectivity index (χ3n) is 4.12. The van der Waals surface area contributed by atoms with Gasteiger partial charge in [0, 0.05) is 26.0 Å². The lowest BCUT2D eigenvalue weighted by Crippen LogP contribution is -2.42. The highest BCUT2D eigenvalue weighted by Crippen LogP contribution is 2.24. The topological polar surface area (TPSA) is 47.4 Å². The Balaban J connectivity index is 1.81. The van der Waals surface area contributed by atoms with E-state index in [-0.39, 0.29) is 11.7 Å². The number of nitrogens with zero attached hydrogens (tertiary/aromatic N) is 3. The van der Waals surface area contributed by atoms with Gasteiger partial charge in [-0.1, -0.05) is 31.2 Å². The van der Waals surface area contributed by atoms with Crippen LogP contribution in [-0.2, 0) is 18.2 Å². The molecule has 1 fully saturated rings. The first-order valence-electron chi connectivity index (χ1n) is 7.66. The molecule has 1 saturated heterocycles. The van der Waals surface area contributed by atoms with Gasteiger partial charge in [-0.2, -0.15) is 0 Å². The molecule has 1 aliphatic heterocycles. The molecule has 5 heteroatoms. The summed E-state index contributed by atoms with van der Waals surface area (Å²) >= 11 is 0. The zero-order valence-electron chi connectivity index (χ0n) is 13.0. The first-order valence-corrected chi connectivity index (χ1v) is 7.66. The van der Waals surface area contributed by atoms with E-state index in [0.717, 1.165) is 12.0 Å². The molecular formula is C17H21N3O2. The van der Waals surface area contributed by atoms with Crippen LogP contribution in [0.3, 0.4) is 0 Å². The third kappa shape index (κ3) is 2.90. The number of morpholine rings is 1. The van der Waals surface area contributed by atoms with Crippen molar-refractivity contribution < 1.29 is 4.74 Å². The van der Waals surface area contributed by atoms with Gasteiger partial charge in [0.1, 0.15) is 6.10 Å². The van der Waals surface area contributed by atoms with Gasteiger partial charge >= 0.3 is 0 Å². The van der Waals surface area contributed by atoms with E-state index in [1.807, 2.05) is 4.90 Å². The van der Waals surface area contributed by atoms with Crippen LogP contribution in [0.25, 0.3) is 0 Å². The maximum absolute atomic E-state index is 12.2. The lowest BCUT2D eigenvalue weighted by molar-refractivity contribution is 0.0394. The molecule has 0 N–H and O–H groups in total. The minimum absolute atomic E-state index is 0.0219. The van der Waals surface area contributed by atoms with Crippen LogP contribution in [0.2, 0.25) is 0 Å². The summed E-state index contributed by atoms with van der Waals surface area (Å²) in [6.45, 7) is 4.08. The number of anilines is 1. The summed E-state index contributed by atoms with van der Waals surface area (Å²) in [5.74, 6) is 0.503.